The second-order valence-corrected chi connectivity index (χ2v) is 10.2. The van der Waals surface area contributed by atoms with Crippen LogP contribution in [0.4, 0.5) is 0 Å². The molecule has 38 heavy (non-hydrogen) atoms. The molecular formula is C31H48N4O3. The van der Waals surface area contributed by atoms with Gasteiger partial charge in [-0.05, 0) is 63.5 Å². The molecule has 2 aliphatic carbocycles. The van der Waals surface area contributed by atoms with Crippen molar-refractivity contribution in [3.63, 3.8) is 0 Å². The number of fused-ring (bicyclic) bond motifs is 1. The topological polar surface area (TPSA) is 102 Å². The van der Waals surface area contributed by atoms with Gasteiger partial charge in [-0.25, -0.2) is 0 Å². The highest BCUT2D eigenvalue weighted by Gasteiger charge is 2.38. The summed E-state index contributed by atoms with van der Waals surface area (Å²) in [6.07, 6.45) is 12.3. The maximum Gasteiger partial charge on any atom is 0.255 e. The van der Waals surface area contributed by atoms with Crippen molar-refractivity contribution in [3.05, 3.63) is 34.9 Å². The zero-order valence-corrected chi connectivity index (χ0v) is 24.1. The van der Waals surface area contributed by atoms with Crippen molar-refractivity contribution in [3.8, 4) is 6.07 Å². The first-order valence-corrected chi connectivity index (χ1v) is 14.8. The Bertz CT molecular complexity index is 956. The number of nitriles is 1. The van der Waals surface area contributed by atoms with Crippen LogP contribution in [-0.2, 0) is 16.1 Å². The second kappa shape index (κ2) is 16.3. The highest BCUT2D eigenvalue weighted by Crippen LogP contribution is 2.28. The van der Waals surface area contributed by atoms with Crippen molar-refractivity contribution < 1.29 is 14.4 Å². The standard InChI is InChI=1S/C14H14N2O3.C13H22N2.2C2H6/c1-8-2-3-10-9(6-8)7-16(14(10)19)11-4-5-12(17)15-13(11)18;14-10-11-6-8-13(9-7-11)15-12-4-2-1-3-5-12;2*1-2/h2-3,6,11H,4-5,7H2,1H3,(H,15,17,18);11-13,15H,1-9H2;2*1-2H3. The van der Waals surface area contributed by atoms with E-state index < -0.39 is 6.04 Å². The molecule has 7 heteroatoms. The Morgan fingerprint density at radius 2 is 1.53 bits per heavy atom. The molecule has 3 fully saturated rings. The number of carbonyl (C=O) groups excluding carboxylic acids is 3. The van der Waals surface area contributed by atoms with Crippen LogP contribution in [0.25, 0.3) is 0 Å². The third-order valence-electron chi connectivity index (χ3n) is 7.67. The zero-order chi connectivity index (χ0) is 28.1. The van der Waals surface area contributed by atoms with Crippen LogP contribution in [0.1, 0.15) is 120 Å². The van der Waals surface area contributed by atoms with Gasteiger partial charge in [-0.15, -0.1) is 0 Å². The van der Waals surface area contributed by atoms with Gasteiger partial charge in [-0.1, -0.05) is 64.7 Å². The molecule has 0 aromatic heterocycles. The number of carbonyl (C=O) groups is 3. The first-order valence-electron chi connectivity index (χ1n) is 14.8. The normalized spacial score (nSPS) is 24.8. The van der Waals surface area contributed by atoms with E-state index in [1.54, 1.807) is 11.0 Å². The van der Waals surface area contributed by atoms with E-state index in [1.807, 2.05) is 46.8 Å². The molecule has 1 unspecified atom stereocenters. The van der Waals surface area contributed by atoms with E-state index in [1.165, 1.54) is 44.9 Å². The summed E-state index contributed by atoms with van der Waals surface area (Å²) in [6.45, 7) is 10.4. The lowest BCUT2D eigenvalue weighted by atomic mass is 9.85. The monoisotopic (exact) mass is 524 g/mol. The number of imide groups is 1. The van der Waals surface area contributed by atoms with Crippen LogP contribution in [0.5, 0.6) is 0 Å². The summed E-state index contributed by atoms with van der Waals surface area (Å²) in [4.78, 5) is 36.8. The van der Waals surface area contributed by atoms with Gasteiger partial charge in [0, 0.05) is 36.5 Å². The largest absolute Gasteiger partial charge is 0.322 e. The summed E-state index contributed by atoms with van der Waals surface area (Å²) >= 11 is 0. The molecular weight excluding hydrogens is 476 g/mol. The van der Waals surface area contributed by atoms with E-state index in [4.69, 9.17) is 5.26 Å². The number of nitrogens with one attached hydrogen (secondary N) is 2. The van der Waals surface area contributed by atoms with Crippen LogP contribution in [0.3, 0.4) is 0 Å². The number of benzene rings is 1. The molecule has 2 N–H and O–H groups in total. The number of hydrogen-bond acceptors (Lipinski definition) is 5. The van der Waals surface area contributed by atoms with Gasteiger partial charge in [0.15, 0.2) is 0 Å². The van der Waals surface area contributed by atoms with E-state index in [2.05, 4.69) is 16.7 Å². The van der Waals surface area contributed by atoms with E-state index in [-0.39, 0.29) is 24.1 Å². The van der Waals surface area contributed by atoms with Crippen LogP contribution in [0.2, 0.25) is 0 Å². The molecule has 0 radical (unpaired) electrons. The van der Waals surface area contributed by atoms with E-state index in [0.717, 1.165) is 30.0 Å². The van der Waals surface area contributed by atoms with E-state index >= 15 is 0 Å². The SMILES string of the molecule is CC.CC.Cc1ccc2c(c1)CN(C1CCC(=O)NC1=O)C2=O.N#CC1CCC(NC2CCCCC2)CC1. The minimum absolute atomic E-state index is 0.121. The predicted octanol–water partition coefficient (Wildman–Crippen LogP) is 5.80. The second-order valence-electron chi connectivity index (χ2n) is 10.2. The van der Waals surface area contributed by atoms with Crippen molar-refractivity contribution in [1.29, 1.82) is 5.26 Å². The smallest absolute Gasteiger partial charge is 0.255 e. The molecule has 7 nitrogen and oxygen atoms in total. The van der Waals surface area contributed by atoms with Gasteiger partial charge in [0.05, 0.1) is 6.07 Å². The molecule has 2 heterocycles. The van der Waals surface area contributed by atoms with Crippen molar-refractivity contribution in [2.45, 2.75) is 130 Å². The van der Waals surface area contributed by atoms with Gasteiger partial charge in [0.1, 0.15) is 6.04 Å². The Balaban J connectivity index is 0.000000241. The summed E-state index contributed by atoms with van der Waals surface area (Å²) in [5.74, 6) is -0.408. The molecule has 0 spiro atoms. The molecule has 0 bridgehead atoms. The summed E-state index contributed by atoms with van der Waals surface area (Å²) in [7, 11) is 0. The van der Waals surface area contributed by atoms with Gasteiger partial charge in [0.25, 0.3) is 5.91 Å². The van der Waals surface area contributed by atoms with Crippen LogP contribution >= 0.6 is 0 Å². The maximum atomic E-state index is 12.3. The van der Waals surface area contributed by atoms with Gasteiger partial charge >= 0.3 is 0 Å². The van der Waals surface area contributed by atoms with Crippen LogP contribution in [0.15, 0.2) is 18.2 Å². The number of rotatable bonds is 3. The lowest BCUT2D eigenvalue weighted by molar-refractivity contribution is -0.136. The van der Waals surface area contributed by atoms with E-state index in [0.29, 0.717) is 30.5 Å². The van der Waals surface area contributed by atoms with Gasteiger partial charge in [0.2, 0.25) is 11.8 Å². The number of amides is 3. The van der Waals surface area contributed by atoms with Crippen LogP contribution in [-0.4, -0.2) is 40.7 Å². The highest BCUT2D eigenvalue weighted by molar-refractivity contribution is 6.05. The first kappa shape index (κ1) is 31.5. The first-order chi connectivity index (χ1) is 18.4. The van der Waals surface area contributed by atoms with Crippen LogP contribution in [0, 0.1) is 24.2 Å². The van der Waals surface area contributed by atoms with Crippen LogP contribution < -0.4 is 10.6 Å². The van der Waals surface area contributed by atoms with Gasteiger partial charge in [-0.2, -0.15) is 5.26 Å². The highest BCUT2D eigenvalue weighted by atomic mass is 16.2. The Kier molecular flexibility index (Phi) is 13.5. The zero-order valence-electron chi connectivity index (χ0n) is 24.1. The predicted molar refractivity (Wildman–Crippen MR) is 151 cm³/mol. The quantitative estimate of drug-likeness (QED) is 0.487. The average molecular weight is 525 g/mol. The van der Waals surface area contributed by atoms with Gasteiger partial charge < -0.3 is 10.2 Å². The summed E-state index contributed by atoms with van der Waals surface area (Å²) in [5.41, 5.74) is 2.71. The molecule has 5 rings (SSSR count). The minimum Gasteiger partial charge on any atom is -0.322 e. The Labute approximate surface area is 229 Å². The van der Waals surface area contributed by atoms with E-state index in [9.17, 15) is 14.4 Å². The number of nitrogens with zero attached hydrogens (tertiary/aromatic N) is 2. The van der Waals surface area contributed by atoms with Crippen molar-refractivity contribution >= 4 is 17.7 Å². The molecule has 4 aliphatic rings. The fourth-order valence-corrected chi connectivity index (χ4v) is 5.69. The molecule has 1 aromatic rings. The summed E-state index contributed by atoms with van der Waals surface area (Å²) in [5, 5.41) is 14.9. The molecule has 1 atom stereocenters. The van der Waals surface area contributed by atoms with Crippen molar-refractivity contribution in [2.24, 2.45) is 5.92 Å². The fourth-order valence-electron chi connectivity index (χ4n) is 5.69. The number of hydrogen-bond donors (Lipinski definition) is 2. The molecule has 210 valence electrons. The van der Waals surface area contributed by atoms with Crippen molar-refractivity contribution in [1.82, 2.24) is 15.5 Å². The third kappa shape index (κ3) is 8.66. The Morgan fingerprint density at radius 3 is 2.13 bits per heavy atom. The molecule has 2 saturated carbocycles. The summed E-state index contributed by atoms with van der Waals surface area (Å²) in [6, 6.07) is 9.03. The minimum atomic E-state index is -0.530. The molecule has 2 aliphatic heterocycles. The van der Waals surface area contributed by atoms with Crippen molar-refractivity contribution in [2.75, 3.05) is 0 Å². The third-order valence-corrected chi connectivity index (χ3v) is 7.67. The number of aryl methyl sites for hydroxylation is 1. The molecule has 3 amide bonds. The summed E-state index contributed by atoms with van der Waals surface area (Å²) < 4.78 is 0. The molecule has 1 aromatic carbocycles. The Morgan fingerprint density at radius 1 is 0.895 bits per heavy atom. The fraction of sp³-hybridized carbons (Fsp3) is 0.677. The number of piperidine rings is 1. The lowest BCUT2D eigenvalue weighted by Crippen LogP contribution is -2.52. The average Bonchev–Trinajstić information content (AvgIpc) is 3.27. The lowest BCUT2D eigenvalue weighted by Gasteiger charge is -2.31. The molecule has 1 saturated heterocycles. The Hall–Kier alpha value is -2.72. The van der Waals surface area contributed by atoms with Gasteiger partial charge in [-0.3, -0.25) is 19.7 Å². The maximum absolute atomic E-state index is 12.3.